The summed E-state index contributed by atoms with van der Waals surface area (Å²) >= 11 is 0. The predicted molar refractivity (Wildman–Crippen MR) is 68.4 cm³/mol. The van der Waals surface area contributed by atoms with Crippen LogP contribution in [0, 0.1) is 0 Å². The molecule has 0 saturated carbocycles. The van der Waals surface area contributed by atoms with E-state index < -0.39 is 0 Å². The number of aromatic nitrogens is 3. The minimum atomic E-state index is -0.216. The lowest BCUT2D eigenvalue weighted by molar-refractivity contribution is 0.405. The third kappa shape index (κ3) is 2.02. The number of phenols is 2. The van der Waals surface area contributed by atoms with Gasteiger partial charge in [-0.15, -0.1) is 10.2 Å². The van der Waals surface area contributed by atoms with Gasteiger partial charge in [0.1, 0.15) is 0 Å². The van der Waals surface area contributed by atoms with Crippen molar-refractivity contribution in [3.05, 3.63) is 18.2 Å². The quantitative estimate of drug-likeness (QED) is 0.704. The minimum Gasteiger partial charge on any atom is -0.504 e. The molecule has 0 bridgehead atoms. The van der Waals surface area contributed by atoms with E-state index in [0.29, 0.717) is 17.6 Å². The molecule has 0 aliphatic heterocycles. The first-order chi connectivity index (χ1) is 8.50. The van der Waals surface area contributed by atoms with Crippen LogP contribution in [0.4, 0.5) is 17.6 Å². The lowest BCUT2D eigenvalue weighted by atomic mass is 10.3. The smallest absolute Gasteiger partial charge is 0.230 e. The van der Waals surface area contributed by atoms with Gasteiger partial charge >= 0.3 is 0 Å². The van der Waals surface area contributed by atoms with E-state index in [9.17, 15) is 10.2 Å². The van der Waals surface area contributed by atoms with Crippen LogP contribution in [0.15, 0.2) is 18.2 Å². The molecule has 0 saturated heterocycles. The van der Waals surface area contributed by atoms with E-state index in [4.69, 9.17) is 0 Å². The van der Waals surface area contributed by atoms with Crippen molar-refractivity contribution in [2.75, 3.05) is 24.3 Å². The molecule has 1 heterocycles. The highest BCUT2D eigenvalue weighted by molar-refractivity contribution is 5.66. The summed E-state index contributed by atoms with van der Waals surface area (Å²) in [5.41, 5.74) is 0.371. The summed E-state index contributed by atoms with van der Waals surface area (Å²) in [6.45, 7) is 0. The fourth-order valence-corrected chi connectivity index (χ4v) is 1.57. The number of nitrogens with zero attached hydrogens (tertiary/aromatic N) is 4. The van der Waals surface area contributed by atoms with Crippen LogP contribution >= 0.6 is 0 Å². The van der Waals surface area contributed by atoms with E-state index in [1.165, 1.54) is 6.07 Å². The number of para-hydroxylation sites is 1. The first-order valence-electron chi connectivity index (χ1n) is 5.35. The van der Waals surface area contributed by atoms with Crippen LogP contribution < -0.4 is 10.2 Å². The van der Waals surface area contributed by atoms with E-state index in [2.05, 4.69) is 15.5 Å². The maximum absolute atomic E-state index is 9.69. The Morgan fingerprint density at radius 3 is 2.56 bits per heavy atom. The van der Waals surface area contributed by atoms with Crippen LogP contribution in [-0.4, -0.2) is 39.1 Å². The molecule has 0 spiro atoms. The molecule has 1 aromatic carbocycles. The minimum absolute atomic E-state index is 0.185. The normalized spacial score (nSPS) is 10.4. The van der Waals surface area contributed by atoms with Crippen LogP contribution in [0.5, 0.6) is 11.5 Å². The topological polar surface area (TPSA) is 86.4 Å². The monoisotopic (exact) mass is 249 g/mol. The van der Waals surface area contributed by atoms with Crippen LogP contribution in [-0.2, 0) is 7.05 Å². The number of benzene rings is 1. The Hall–Kier alpha value is -2.44. The molecule has 2 rings (SSSR count). The highest BCUT2D eigenvalue weighted by Crippen LogP contribution is 2.34. The molecule has 96 valence electrons. The third-order valence-electron chi connectivity index (χ3n) is 2.51. The van der Waals surface area contributed by atoms with Crippen molar-refractivity contribution in [2.45, 2.75) is 0 Å². The first-order valence-corrected chi connectivity index (χ1v) is 5.35. The number of anilines is 3. The molecule has 0 amide bonds. The van der Waals surface area contributed by atoms with Crippen molar-refractivity contribution in [1.29, 1.82) is 0 Å². The SMILES string of the molecule is CN(C)c1nnc(Nc2cccc(O)c2O)n1C. The zero-order valence-corrected chi connectivity index (χ0v) is 10.4. The summed E-state index contributed by atoms with van der Waals surface area (Å²) in [5.74, 6) is 0.749. The molecule has 1 aromatic heterocycles. The van der Waals surface area contributed by atoms with Crippen molar-refractivity contribution in [1.82, 2.24) is 14.8 Å². The standard InChI is InChI=1S/C11H15N5O2/c1-15(2)11-14-13-10(16(11)3)12-7-5-4-6-8(17)9(7)18/h4-6,17-18H,1-3H3,(H,12,13). The maximum atomic E-state index is 9.69. The number of rotatable bonds is 3. The van der Waals surface area contributed by atoms with Crippen molar-refractivity contribution in [3.63, 3.8) is 0 Å². The fourth-order valence-electron chi connectivity index (χ4n) is 1.57. The molecule has 0 fully saturated rings. The molecule has 0 aliphatic rings. The van der Waals surface area contributed by atoms with Crippen LogP contribution in [0.2, 0.25) is 0 Å². The number of hydrogen-bond donors (Lipinski definition) is 3. The molecule has 0 unspecified atom stereocenters. The van der Waals surface area contributed by atoms with Gasteiger partial charge in [-0.05, 0) is 12.1 Å². The molecular formula is C11H15N5O2. The average Bonchev–Trinajstić information content (AvgIpc) is 2.67. The van der Waals surface area contributed by atoms with Gasteiger partial charge in [0.25, 0.3) is 0 Å². The van der Waals surface area contributed by atoms with Gasteiger partial charge in [-0.25, -0.2) is 0 Å². The fraction of sp³-hybridized carbons (Fsp3) is 0.273. The second-order valence-corrected chi connectivity index (χ2v) is 4.08. The number of phenolic OH excluding ortho intramolecular Hbond substituents is 2. The highest BCUT2D eigenvalue weighted by Gasteiger charge is 2.12. The summed E-state index contributed by atoms with van der Waals surface area (Å²) < 4.78 is 1.74. The van der Waals surface area contributed by atoms with Crippen LogP contribution in [0.3, 0.4) is 0 Å². The Morgan fingerprint density at radius 1 is 1.22 bits per heavy atom. The van der Waals surface area contributed by atoms with E-state index in [-0.39, 0.29) is 11.5 Å². The molecular weight excluding hydrogens is 234 g/mol. The lowest BCUT2D eigenvalue weighted by Crippen LogP contribution is -2.14. The Kier molecular flexibility index (Phi) is 2.97. The number of hydrogen-bond acceptors (Lipinski definition) is 6. The van der Waals surface area contributed by atoms with Gasteiger partial charge in [-0.2, -0.15) is 0 Å². The summed E-state index contributed by atoms with van der Waals surface area (Å²) in [6.07, 6.45) is 0. The van der Waals surface area contributed by atoms with Gasteiger partial charge in [0, 0.05) is 21.1 Å². The largest absolute Gasteiger partial charge is 0.504 e. The summed E-state index contributed by atoms with van der Waals surface area (Å²) in [7, 11) is 5.52. The summed E-state index contributed by atoms with van der Waals surface area (Å²) in [5, 5.41) is 30.0. The second kappa shape index (κ2) is 4.44. The first kappa shape index (κ1) is 12.0. The van der Waals surface area contributed by atoms with E-state index in [1.807, 2.05) is 19.0 Å². The van der Waals surface area contributed by atoms with Gasteiger partial charge in [0.2, 0.25) is 11.9 Å². The number of nitrogens with one attached hydrogen (secondary N) is 1. The predicted octanol–water partition coefficient (Wildman–Crippen LogP) is 1.04. The zero-order chi connectivity index (χ0) is 13.3. The van der Waals surface area contributed by atoms with Crippen molar-refractivity contribution in [3.8, 4) is 11.5 Å². The molecule has 0 radical (unpaired) electrons. The van der Waals surface area contributed by atoms with Crippen LogP contribution in [0.25, 0.3) is 0 Å². The summed E-state index contributed by atoms with van der Waals surface area (Å²) in [4.78, 5) is 1.82. The Balaban J connectivity index is 2.32. The van der Waals surface area contributed by atoms with E-state index in [1.54, 1.807) is 23.7 Å². The Morgan fingerprint density at radius 2 is 1.94 bits per heavy atom. The second-order valence-electron chi connectivity index (χ2n) is 4.08. The van der Waals surface area contributed by atoms with Gasteiger partial charge in [-0.1, -0.05) is 6.07 Å². The van der Waals surface area contributed by atoms with Gasteiger partial charge in [-0.3, -0.25) is 4.57 Å². The molecule has 18 heavy (non-hydrogen) atoms. The molecule has 3 N–H and O–H groups in total. The van der Waals surface area contributed by atoms with Crippen LogP contribution in [0.1, 0.15) is 0 Å². The molecule has 2 aromatic rings. The lowest BCUT2D eigenvalue weighted by Gasteiger charge is -2.12. The zero-order valence-electron chi connectivity index (χ0n) is 10.4. The number of aromatic hydroxyl groups is 2. The highest BCUT2D eigenvalue weighted by atomic mass is 16.3. The van der Waals surface area contributed by atoms with Gasteiger partial charge in [0.05, 0.1) is 5.69 Å². The molecule has 0 aliphatic carbocycles. The third-order valence-corrected chi connectivity index (χ3v) is 2.51. The van der Waals surface area contributed by atoms with Crippen molar-refractivity contribution < 1.29 is 10.2 Å². The van der Waals surface area contributed by atoms with E-state index >= 15 is 0 Å². The Labute approximate surface area is 104 Å². The van der Waals surface area contributed by atoms with Crippen molar-refractivity contribution >= 4 is 17.6 Å². The van der Waals surface area contributed by atoms with E-state index in [0.717, 1.165) is 0 Å². The Bertz CT molecular complexity index is 565. The molecule has 7 nitrogen and oxygen atoms in total. The van der Waals surface area contributed by atoms with Gasteiger partial charge in [0.15, 0.2) is 11.5 Å². The molecule has 0 atom stereocenters. The van der Waals surface area contributed by atoms with Crippen molar-refractivity contribution in [2.24, 2.45) is 7.05 Å². The summed E-state index contributed by atoms with van der Waals surface area (Å²) in [6, 6.07) is 4.67. The average molecular weight is 249 g/mol. The van der Waals surface area contributed by atoms with Gasteiger partial charge < -0.3 is 20.4 Å². The maximum Gasteiger partial charge on any atom is 0.230 e. The molecule has 7 heteroatoms.